The molecule has 4 rings (SSSR count). The number of carbonyl (C=O) groups excluding carboxylic acids is 2. The average molecular weight is 669 g/mol. The molecule has 0 unspecified atom stereocenters. The van der Waals surface area contributed by atoms with E-state index >= 15 is 0 Å². The minimum atomic E-state index is -4.17. The van der Waals surface area contributed by atoms with E-state index in [4.69, 9.17) is 11.6 Å². The zero-order chi connectivity index (χ0) is 30.1. The molecular weight excluding hydrogens is 638 g/mol. The number of anilines is 1. The van der Waals surface area contributed by atoms with Crippen LogP contribution in [0.25, 0.3) is 0 Å². The summed E-state index contributed by atoms with van der Waals surface area (Å²) in [5, 5.41) is 3.25. The predicted molar refractivity (Wildman–Crippen MR) is 170 cm³/mol. The summed E-state index contributed by atoms with van der Waals surface area (Å²) in [7, 11) is -4.17. The van der Waals surface area contributed by atoms with Gasteiger partial charge in [-0.2, -0.15) is 0 Å². The Hall–Kier alpha value is -3.66. The summed E-state index contributed by atoms with van der Waals surface area (Å²) in [5.41, 5.74) is 1.97. The van der Waals surface area contributed by atoms with E-state index in [0.717, 1.165) is 19.9 Å². The van der Waals surface area contributed by atoms with Crippen LogP contribution in [0.5, 0.6) is 0 Å². The molecule has 0 bridgehead atoms. The maximum absolute atomic E-state index is 14.3. The van der Waals surface area contributed by atoms with Crippen molar-refractivity contribution >= 4 is 55.1 Å². The molecule has 0 aliphatic heterocycles. The maximum Gasteiger partial charge on any atom is 0.264 e. The topological polar surface area (TPSA) is 86.8 Å². The van der Waals surface area contributed by atoms with E-state index in [1.54, 1.807) is 30.3 Å². The van der Waals surface area contributed by atoms with Gasteiger partial charge in [0.2, 0.25) is 11.8 Å². The molecule has 0 aliphatic rings. The Morgan fingerprint density at radius 1 is 0.857 bits per heavy atom. The maximum atomic E-state index is 14.3. The van der Waals surface area contributed by atoms with Gasteiger partial charge in [0.15, 0.2) is 0 Å². The first-order valence-electron chi connectivity index (χ1n) is 13.4. The first-order chi connectivity index (χ1) is 20.2. The molecule has 2 amide bonds. The Kier molecular flexibility index (Phi) is 10.8. The van der Waals surface area contributed by atoms with Crippen LogP contribution in [0.2, 0.25) is 5.02 Å². The molecule has 218 valence electrons. The number of benzene rings is 4. The van der Waals surface area contributed by atoms with Gasteiger partial charge in [-0.1, -0.05) is 88.2 Å². The van der Waals surface area contributed by atoms with Crippen molar-refractivity contribution in [3.05, 3.63) is 130 Å². The summed E-state index contributed by atoms with van der Waals surface area (Å²) in [4.78, 5) is 29.3. The zero-order valence-corrected chi connectivity index (χ0v) is 26.1. The van der Waals surface area contributed by atoms with E-state index in [0.29, 0.717) is 17.3 Å². The van der Waals surface area contributed by atoms with Crippen LogP contribution >= 0.6 is 27.5 Å². The number of sulfonamides is 1. The fourth-order valence-electron chi connectivity index (χ4n) is 4.53. The molecule has 0 saturated carbocycles. The third-order valence-corrected chi connectivity index (χ3v) is 9.12. The smallest absolute Gasteiger partial charge is 0.264 e. The van der Waals surface area contributed by atoms with Crippen LogP contribution in [0.1, 0.15) is 18.1 Å². The van der Waals surface area contributed by atoms with Crippen LogP contribution in [0.4, 0.5) is 5.69 Å². The van der Waals surface area contributed by atoms with Gasteiger partial charge in [0.1, 0.15) is 12.6 Å². The SMILES string of the molecule is CCNC(=O)[C@H](Cc1ccccc1)N(Cc1cccc(Br)c1)C(=O)CN(c1ccccc1)S(=O)(=O)c1ccc(Cl)cc1. The number of halogens is 2. The number of hydrogen-bond acceptors (Lipinski definition) is 4. The lowest BCUT2D eigenvalue weighted by atomic mass is 10.0. The van der Waals surface area contributed by atoms with Crippen molar-refractivity contribution in [1.82, 2.24) is 10.2 Å². The Morgan fingerprint density at radius 3 is 2.10 bits per heavy atom. The fourth-order valence-corrected chi connectivity index (χ4v) is 6.52. The predicted octanol–water partition coefficient (Wildman–Crippen LogP) is 6.07. The second kappa shape index (κ2) is 14.5. The van der Waals surface area contributed by atoms with Gasteiger partial charge in [-0.25, -0.2) is 8.42 Å². The third kappa shape index (κ3) is 8.00. The molecule has 4 aromatic rings. The van der Waals surface area contributed by atoms with Gasteiger partial charge in [0.25, 0.3) is 10.0 Å². The first-order valence-corrected chi connectivity index (χ1v) is 16.0. The second-order valence-corrected chi connectivity index (χ2v) is 12.8. The highest BCUT2D eigenvalue weighted by molar-refractivity contribution is 9.10. The van der Waals surface area contributed by atoms with Gasteiger partial charge < -0.3 is 10.2 Å². The molecule has 0 heterocycles. The summed E-state index contributed by atoms with van der Waals surface area (Å²) >= 11 is 9.50. The minimum Gasteiger partial charge on any atom is -0.355 e. The van der Waals surface area contributed by atoms with Crippen LogP contribution < -0.4 is 9.62 Å². The molecule has 0 fully saturated rings. The summed E-state index contributed by atoms with van der Waals surface area (Å²) in [5.74, 6) is -0.847. The fraction of sp³-hybridized carbons (Fsp3) is 0.188. The number of nitrogens with zero attached hydrogens (tertiary/aromatic N) is 2. The van der Waals surface area contributed by atoms with Crippen LogP contribution in [0, 0.1) is 0 Å². The van der Waals surface area contributed by atoms with E-state index in [-0.39, 0.29) is 23.8 Å². The van der Waals surface area contributed by atoms with Gasteiger partial charge in [-0.05, 0) is 66.6 Å². The zero-order valence-electron chi connectivity index (χ0n) is 23.0. The second-order valence-electron chi connectivity index (χ2n) is 9.55. The molecule has 10 heteroatoms. The summed E-state index contributed by atoms with van der Waals surface area (Å²) in [6.07, 6.45) is 0.252. The average Bonchev–Trinajstić information content (AvgIpc) is 2.99. The molecule has 0 radical (unpaired) electrons. The van der Waals surface area contributed by atoms with Gasteiger partial charge in [-0.3, -0.25) is 13.9 Å². The van der Waals surface area contributed by atoms with Gasteiger partial charge in [0, 0.05) is 29.0 Å². The monoisotopic (exact) mass is 667 g/mol. The normalized spacial score (nSPS) is 11.9. The highest BCUT2D eigenvalue weighted by Gasteiger charge is 2.34. The van der Waals surface area contributed by atoms with Crippen LogP contribution in [-0.2, 0) is 32.6 Å². The van der Waals surface area contributed by atoms with Crippen molar-refractivity contribution in [1.29, 1.82) is 0 Å². The Labute approximate surface area is 260 Å². The highest BCUT2D eigenvalue weighted by atomic mass is 79.9. The Bertz CT molecular complexity index is 1600. The standard InChI is InChI=1S/C32H31BrClN3O4S/c1-2-35-32(39)30(21-24-10-5-3-6-11-24)36(22-25-12-9-13-26(33)20-25)31(38)23-37(28-14-7-4-8-15-28)42(40,41)29-18-16-27(34)17-19-29/h3-20,30H,2,21-23H2,1H3,(H,35,39)/t30-/m0/s1. The summed E-state index contributed by atoms with van der Waals surface area (Å²) in [6, 6.07) is 30.2. The van der Waals surface area contributed by atoms with Crippen LogP contribution in [0.3, 0.4) is 0 Å². The Morgan fingerprint density at radius 2 is 1.48 bits per heavy atom. The number of hydrogen-bond donors (Lipinski definition) is 1. The van der Waals surface area contributed by atoms with Crippen molar-refractivity contribution in [2.75, 3.05) is 17.4 Å². The number of para-hydroxylation sites is 1. The highest BCUT2D eigenvalue weighted by Crippen LogP contribution is 2.26. The van der Waals surface area contributed by atoms with E-state index in [1.807, 2.05) is 61.5 Å². The minimum absolute atomic E-state index is 0.00773. The van der Waals surface area contributed by atoms with E-state index in [2.05, 4.69) is 21.2 Å². The lowest BCUT2D eigenvalue weighted by Crippen LogP contribution is -2.53. The lowest BCUT2D eigenvalue weighted by molar-refractivity contribution is -0.140. The molecule has 0 aromatic heterocycles. The molecule has 1 N–H and O–H groups in total. The molecule has 4 aromatic carbocycles. The number of nitrogens with one attached hydrogen (secondary N) is 1. The lowest BCUT2D eigenvalue weighted by Gasteiger charge is -2.33. The number of rotatable bonds is 12. The third-order valence-electron chi connectivity index (χ3n) is 6.59. The molecular formula is C32H31BrClN3O4S. The molecule has 7 nitrogen and oxygen atoms in total. The molecule has 0 saturated heterocycles. The van der Waals surface area contributed by atoms with Crippen LogP contribution in [-0.4, -0.2) is 44.3 Å². The molecule has 1 atom stereocenters. The number of carbonyl (C=O) groups is 2. The van der Waals surface area contributed by atoms with Crippen LogP contribution in [0.15, 0.2) is 119 Å². The van der Waals surface area contributed by atoms with Gasteiger partial charge in [-0.15, -0.1) is 0 Å². The van der Waals surface area contributed by atoms with E-state index in [9.17, 15) is 18.0 Å². The van der Waals surface area contributed by atoms with Crippen molar-refractivity contribution < 1.29 is 18.0 Å². The quantitative estimate of drug-likeness (QED) is 0.199. The molecule has 42 heavy (non-hydrogen) atoms. The largest absolute Gasteiger partial charge is 0.355 e. The number of amides is 2. The van der Waals surface area contributed by atoms with Gasteiger partial charge >= 0.3 is 0 Å². The van der Waals surface area contributed by atoms with Crippen molar-refractivity contribution in [2.24, 2.45) is 0 Å². The molecule has 0 aliphatic carbocycles. The van der Waals surface area contributed by atoms with E-state index < -0.39 is 28.5 Å². The number of likely N-dealkylation sites (N-methyl/N-ethyl adjacent to an activating group) is 1. The van der Waals surface area contributed by atoms with Crippen molar-refractivity contribution in [2.45, 2.75) is 30.8 Å². The Balaban J connectivity index is 1.78. The van der Waals surface area contributed by atoms with Gasteiger partial charge in [0.05, 0.1) is 10.6 Å². The van der Waals surface area contributed by atoms with Crippen molar-refractivity contribution in [3.63, 3.8) is 0 Å². The van der Waals surface area contributed by atoms with Crippen molar-refractivity contribution in [3.8, 4) is 0 Å². The van der Waals surface area contributed by atoms with E-state index in [1.165, 1.54) is 29.2 Å². The summed E-state index contributed by atoms with van der Waals surface area (Å²) in [6.45, 7) is 1.77. The summed E-state index contributed by atoms with van der Waals surface area (Å²) < 4.78 is 29.8. The first kappa shape index (κ1) is 31.3. The molecule has 0 spiro atoms.